The van der Waals surface area contributed by atoms with Crippen molar-refractivity contribution in [2.45, 2.75) is 37.8 Å². The van der Waals surface area contributed by atoms with Crippen molar-refractivity contribution in [3.8, 4) is 0 Å². The summed E-state index contributed by atoms with van der Waals surface area (Å²) in [5.41, 5.74) is -0.367. The van der Waals surface area contributed by atoms with Gasteiger partial charge >= 0.3 is 0 Å². The van der Waals surface area contributed by atoms with Crippen LogP contribution in [0.5, 0.6) is 0 Å². The van der Waals surface area contributed by atoms with Crippen molar-refractivity contribution < 1.29 is 4.79 Å². The van der Waals surface area contributed by atoms with Gasteiger partial charge in [0.05, 0.1) is 5.02 Å². The van der Waals surface area contributed by atoms with Crippen molar-refractivity contribution in [2.24, 2.45) is 0 Å². The normalized spacial score (nSPS) is 18.0. The van der Waals surface area contributed by atoms with Gasteiger partial charge in [0.25, 0.3) is 11.5 Å². The molecule has 1 aliphatic carbocycles. The van der Waals surface area contributed by atoms with Crippen LogP contribution in [0.1, 0.15) is 42.6 Å². The minimum absolute atomic E-state index is 0.213. The topological polar surface area (TPSA) is 96.0 Å². The molecule has 0 atom stereocenters. The number of nitrogens with one attached hydrogen (secondary N) is 3. The van der Waals surface area contributed by atoms with Crippen LogP contribution in [-0.4, -0.2) is 15.5 Å². The minimum atomic E-state index is -0.697. The van der Waals surface area contributed by atoms with Crippen molar-refractivity contribution >= 4 is 28.9 Å². The molecule has 1 saturated carbocycles. The number of pyridine rings is 2. The lowest BCUT2D eigenvalue weighted by atomic mass is 9.89. The number of rotatable bonds is 2. The van der Waals surface area contributed by atoms with Crippen LogP contribution in [0.4, 0.5) is 11.4 Å². The number of hydrogen-bond donors (Lipinski definition) is 3. The standard InChI is InChI=1S/C17H17ClN4O3/c18-11-9-12(20-10-4-7-19-13(23)8-10)16(25)22-14(11)15(24)21-17(22)5-2-1-3-6-17/h4,7-9H,1-3,5-6H2,(H,21,24)(H2,19,20,23). The Bertz CT molecular complexity index is 973. The fraction of sp³-hybridized carbons (Fsp3) is 0.353. The van der Waals surface area contributed by atoms with Crippen LogP contribution in [0.2, 0.25) is 5.02 Å². The van der Waals surface area contributed by atoms with Crippen LogP contribution >= 0.6 is 11.6 Å². The average molecular weight is 361 g/mol. The van der Waals surface area contributed by atoms with E-state index in [0.717, 1.165) is 19.3 Å². The highest BCUT2D eigenvalue weighted by Gasteiger charge is 2.45. The van der Waals surface area contributed by atoms with E-state index < -0.39 is 5.66 Å². The fourth-order valence-electron chi connectivity index (χ4n) is 3.78. The molecule has 2 aromatic heterocycles. The van der Waals surface area contributed by atoms with Gasteiger partial charge in [-0.2, -0.15) is 0 Å². The van der Waals surface area contributed by atoms with Gasteiger partial charge in [0.15, 0.2) is 0 Å². The number of aromatic amines is 1. The summed E-state index contributed by atoms with van der Waals surface area (Å²) < 4.78 is 1.51. The predicted molar refractivity (Wildman–Crippen MR) is 94.6 cm³/mol. The molecule has 1 amide bonds. The maximum atomic E-state index is 13.1. The molecule has 0 aromatic carbocycles. The molecule has 2 aliphatic rings. The summed E-state index contributed by atoms with van der Waals surface area (Å²) in [6, 6.07) is 4.44. The van der Waals surface area contributed by atoms with Crippen LogP contribution in [0.15, 0.2) is 34.0 Å². The summed E-state index contributed by atoms with van der Waals surface area (Å²) >= 11 is 6.31. The van der Waals surface area contributed by atoms with E-state index >= 15 is 0 Å². The quantitative estimate of drug-likeness (QED) is 0.765. The maximum absolute atomic E-state index is 13.1. The largest absolute Gasteiger partial charge is 0.351 e. The second kappa shape index (κ2) is 5.77. The third-order valence-corrected chi connectivity index (χ3v) is 5.17. The van der Waals surface area contributed by atoms with Gasteiger partial charge in [-0.15, -0.1) is 0 Å². The van der Waals surface area contributed by atoms with E-state index in [1.54, 1.807) is 6.07 Å². The Morgan fingerprint density at radius 3 is 2.60 bits per heavy atom. The Morgan fingerprint density at radius 1 is 1.12 bits per heavy atom. The molecule has 8 heteroatoms. The number of H-pyrrole nitrogens is 1. The third kappa shape index (κ3) is 2.55. The number of anilines is 2. The van der Waals surface area contributed by atoms with Gasteiger partial charge in [0.2, 0.25) is 5.56 Å². The smallest absolute Gasteiger partial charge is 0.276 e. The lowest BCUT2D eigenvalue weighted by Gasteiger charge is -2.35. The number of halogens is 1. The van der Waals surface area contributed by atoms with Crippen molar-refractivity contribution in [2.75, 3.05) is 5.32 Å². The molecular formula is C17H17ClN4O3. The fourth-order valence-corrected chi connectivity index (χ4v) is 4.06. The highest BCUT2D eigenvalue weighted by atomic mass is 35.5. The highest BCUT2D eigenvalue weighted by Crippen LogP contribution is 2.38. The van der Waals surface area contributed by atoms with Crippen LogP contribution in [-0.2, 0) is 5.66 Å². The monoisotopic (exact) mass is 360 g/mol. The van der Waals surface area contributed by atoms with E-state index in [4.69, 9.17) is 11.6 Å². The van der Waals surface area contributed by atoms with E-state index in [2.05, 4.69) is 15.6 Å². The molecule has 1 fully saturated rings. The molecule has 1 spiro atoms. The van der Waals surface area contributed by atoms with Crippen LogP contribution in [0.3, 0.4) is 0 Å². The van der Waals surface area contributed by atoms with Gasteiger partial charge in [0.1, 0.15) is 17.0 Å². The molecule has 0 saturated heterocycles. The zero-order valence-electron chi connectivity index (χ0n) is 13.4. The molecule has 4 rings (SSSR count). The van der Waals surface area contributed by atoms with Crippen molar-refractivity contribution in [3.63, 3.8) is 0 Å². The van der Waals surface area contributed by atoms with Gasteiger partial charge in [-0.1, -0.05) is 18.0 Å². The molecule has 0 unspecified atom stereocenters. The van der Waals surface area contributed by atoms with Crippen molar-refractivity contribution in [1.82, 2.24) is 14.9 Å². The molecular weight excluding hydrogens is 344 g/mol. The van der Waals surface area contributed by atoms with Gasteiger partial charge in [-0.3, -0.25) is 19.0 Å². The Balaban J connectivity index is 1.85. The number of carbonyl (C=O) groups is 1. The number of nitrogens with zero attached hydrogens (tertiary/aromatic N) is 1. The molecule has 1 aliphatic heterocycles. The number of carbonyl (C=O) groups excluding carboxylic acids is 1. The first-order chi connectivity index (χ1) is 12.0. The van der Waals surface area contributed by atoms with E-state index in [1.165, 1.54) is 22.9 Å². The maximum Gasteiger partial charge on any atom is 0.276 e. The summed E-state index contributed by atoms with van der Waals surface area (Å²) in [4.78, 5) is 39.5. The first-order valence-electron chi connectivity index (χ1n) is 8.24. The summed E-state index contributed by atoms with van der Waals surface area (Å²) in [5, 5.41) is 6.13. The lowest BCUT2D eigenvalue weighted by molar-refractivity contribution is 0.0877. The second-order valence-corrected chi connectivity index (χ2v) is 6.92. The summed E-state index contributed by atoms with van der Waals surface area (Å²) in [6.07, 6.45) is 5.86. The van der Waals surface area contributed by atoms with E-state index in [9.17, 15) is 14.4 Å². The van der Waals surface area contributed by atoms with Crippen LogP contribution in [0.25, 0.3) is 0 Å². The Kier molecular flexibility index (Phi) is 3.68. The number of aromatic nitrogens is 2. The van der Waals surface area contributed by atoms with Gasteiger partial charge in [-0.05, 0) is 37.8 Å². The van der Waals surface area contributed by atoms with Gasteiger partial charge in [0, 0.05) is 18.0 Å². The zero-order valence-corrected chi connectivity index (χ0v) is 14.2. The van der Waals surface area contributed by atoms with Gasteiger partial charge in [-0.25, -0.2) is 0 Å². The van der Waals surface area contributed by atoms with Crippen molar-refractivity contribution in [1.29, 1.82) is 0 Å². The summed E-state index contributed by atoms with van der Waals surface area (Å²) in [5.74, 6) is -0.313. The Labute approximate surface area is 148 Å². The van der Waals surface area contributed by atoms with Crippen LogP contribution < -0.4 is 21.8 Å². The van der Waals surface area contributed by atoms with Crippen molar-refractivity contribution in [3.05, 3.63) is 55.8 Å². The summed E-state index contributed by atoms with van der Waals surface area (Å²) in [6.45, 7) is 0. The Hall–Kier alpha value is -2.54. The zero-order chi connectivity index (χ0) is 17.6. The third-order valence-electron chi connectivity index (χ3n) is 4.88. The number of amides is 1. The van der Waals surface area contributed by atoms with Gasteiger partial charge < -0.3 is 15.6 Å². The molecule has 25 heavy (non-hydrogen) atoms. The van der Waals surface area contributed by atoms with E-state index in [1.807, 2.05) is 0 Å². The molecule has 0 bridgehead atoms. The predicted octanol–water partition coefficient (Wildman–Crippen LogP) is 2.29. The SMILES string of the molecule is O=C1NC2(CCCCC2)n2c1c(Cl)cc(Nc1cc[nH]c(=O)c1)c2=O. The first kappa shape index (κ1) is 16.0. The molecule has 3 N–H and O–H groups in total. The van der Waals surface area contributed by atoms with E-state index in [-0.39, 0.29) is 33.4 Å². The molecule has 3 heterocycles. The number of hydrogen-bond acceptors (Lipinski definition) is 4. The summed E-state index contributed by atoms with van der Waals surface area (Å²) in [7, 11) is 0. The molecule has 2 aromatic rings. The average Bonchev–Trinajstić information content (AvgIpc) is 2.85. The first-order valence-corrected chi connectivity index (χ1v) is 8.62. The molecule has 7 nitrogen and oxygen atoms in total. The van der Waals surface area contributed by atoms with Crippen LogP contribution in [0, 0.1) is 0 Å². The Morgan fingerprint density at radius 2 is 1.88 bits per heavy atom. The lowest BCUT2D eigenvalue weighted by Crippen LogP contribution is -2.48. The molecule has 130 valence electrons. The minimum Gasteiger partial charge on any atom is -0.351 e. The second-order valence-electron chi connectivity index (χ2n) is 6.51. The van der Waals surface area contributed by atoms with E-state index in [0.29, 0.717) is 18.5 Å². The molecule has 0 radical (unpaired) electrons. The number of fused-ring (bicyclic) bond motifs is 2. The highest BCUT2D eigenvalue weighted by molar-refractivity contribution is 6.34.